The highest BCUT2D eigenvalue weighted by Gasteiger charge is 2.25. The first-order valence-electron chi connectivity index (χ1n) is 6.60. The van der Waals surface area contributed by atoms with Crippen molar-refractivity contribution in [3.05, 3.63) is 57.8 Å². The summed E-state index contributed by atoms with van der Waals surface area (Å²) in [6.07, 6.45) is 0. The minimum atomic E-state index is -0.680. The summed E-state index contributed by atoms with van der Waals surface area (Å²) in [4.78, 5) is 23.7. The van der Waals surface area contributed by atoms with Crippen LogP contribution < -0.4 is 4.74 Å². The highest BCUT2D eigenvalue weighted by Crippen LogP contribution is 2.29. The molecular weight excluding hydrogens is 288 g/mol. The Bertz CT molecular complexity index is 695. The molecule has 2 aromatic rings. The maximum atomic E-state index is 12.4. The molecule has 0 spiro atoms. The van der Waals surface area contributed by atoms with Crippen molar-refractivity contribution < 1.29 is 18.9 Å². The van der Waals surface area contributed by atoms with Gasteiger partial charge in [0.05, 0.1) is 19.2 Å². The van der Waals surface area contributed by atoms with Crippen LogP contribution >= 0.6 is 0 Å². The molecule has 0 bridgehead atoms. The molecule has 1 aromatic heterocycles. The summed E-state index contributed by atoms with van der Waals surface area (Å²) in [6.45, 7) is 1.84. The molecule has 0 aliphatic carbocycles. The standard InChI is InChI=1S/C15H16N2O5/c1-10(11-6-4-5-7-12(11)21-3)16(2)15(18)13-8-9-14(22-13)17(19)20/h4-10H,1-3H3/t10-/m1/s1. The lowest BCUT2D eigenvalue weighted by Crippen LogP contribution is -2.29. The molecule has 1 atom stereocenters. The van der Waals surface area contributed by atoms with E-state index in [0.717, 1.165) is 11.6 Å². The van der Waals surface area contributed by atoms with E-state index < -0.39 is 16.7 Å². The fourth-order valence-corrected chi connectivity index (χ4v) is 2.11. The average Bonchev–Trinajstić information content (AvgIpc) is 3.03. The second-order valence-electron chi connectivity index (χ2n) is 4.73. The van der Waals surface area contributed by atoms with E-state index in [1.165, 1.54) is 11.0 Å². The molecule has 7 nitrogen and oxygen atoms in total. The number of nitro groups is 1. The minimum absolute atomic E-state index is 0.0732. The van der Waals surface area contributed by atoms with Crippen molar-refractivity contribution in [1.82, 2.24) is 4.90 Å². The molecule has 0 saturated carbocycles. The SMILES string of the molecule is COc1ccccc1[C@@H](C)N(C)C(=O)c1ccc([N+](=O)[O-])o1. The Kier molecular flexibility index (Phi) is 4.45. The topological polar surface area (TPSA) is 85.8 Å². The van der Waals surface area contributed by atoms with Gasteiger partial charge in [-0.05, 0) is 19.1 Å². The van der Waals surface area contributed by atoms with E-state index in [9.17, 15) is 14.9 Å². The average molecular weight is 304 g/mol. The van der Waals surface area contributed by atoms with Crippen LogP contribution in [0, 0.1) is 10.1 Å². The summed E-state index contributed by atoms with van der Waals surface area (Å²) in [5.74, 6) is -0.302. The highest BCUT2D eigenvalue weighted by atomic mass is 16.6. The van der Waals surface area contributed by atoms with Crippen molar-refractivity contribution in [3.8, 4) is 5.75 Å². The van der Waals surface area contributed by atoms with Crippen molar-refractivity contribution in [2.75, 3.05) is 14.2 Å². The maximum Gasteiger partial charge on any atom is 0.433 e. The summed E-state index contributed by atoms with van der Waals surface area (Å²) < 4.78 is 10.2. The number of methoxy groups -OCH3 is 1. The first-order chi connectivity index (χ1) is 10.5. The van der Waals surface area contributed by atoms with Crippen molar-refractivity contribution in [3.63, 3.8) is 0 Å². The van der Waals surface area contributed by atoms with E-state index >= 15 is 0 Å². The lowest BCUT2D eigenvalue weighted by Gasteiger charge is -2.25. The zero-order valence-electron chi connectivity index (χ0n) is 12.5. The van der Waals surface area contributed by atoms with Gasteiger partial charge in [-0.3, -0.25) is 14.9 Å². The van der Waals surface area contributed by atoms with Gasteiger partial charge < -0.3 is 14.1 Å². The first kappa shape index (κ1) is 15.6. The van der Waals surface area contributed by atoms with Crippen LogP contribution in [0.5, 0.6) is 5.75 Å². The van der Waals surface area contributed by atoms with Crippen molar-refractivity contribution in [2.45, 2.75) is 13.0 Å². The normalized spacial score (nSPS) is 11.8. The number of hydrogen-bond donors (Lipinski definition) is 0. The molecule has 0 unspecified atom stereocenters. The van der Waals surface area contributed by atoms with Crippen LogP contribution in [0.4, 0.5) is 5.88 Å². The molecule has 0 aliphatic heterocycles. The molecular formula is C15H16N2O5. The fraction of sp³-hybridized carbons (Fsp3) is 0.267. The van der Waals surface area contributed by atoms with E-state index in [2.05, 4.69) is 0 Å². The number of carbonyl (C=O) groups is 1. The second-order valence-corrected chi connectivity index (χ2v) is 4.73. The third-order valence-electron chi connectivity index (χ3n) is 3.47. The molecule has 7 heteroatoms. The van der Waals surface area contributed by atoms with Gasteiger partial charge in [-0.15, -0.1) is 0 Å². The summed E-state index contributed by atoms with van der Waals surface area (Å²) in [7, 11) is 3.16. The molecule has 2 rings (SSSR count). The van der Waals surface area contributed by atoms with Crippen LogP contribution in [0.3, 0.4) is 0 Å². The molecule has 0 N–H and O–H groups in total. The molecule has 0 radical (unpaired) electrons. The number of para-hydroxylation sites is 1. The number of benzene rings is 1. The summed E-state index contributed by atoms with van der Waals surface area (Å²) in [5, 5.41) is 10.6. The monoisotopic (exact) mass is 304 g/mol. The number of ether oxygens (including phenoxy) is 1. The maximum absolute atomic E-state index is 12.4. The molecule has 1 heterocycles. The number of nitrogens with zero attached hydrogens (tertiary/aromatic N) is 2. The lowest BCUT2D eigenvalue weighted by molar-refractivity contribution is -0.402. The lowest BCUT2D eigenvalue weighted by atomic mass is 10.1. The fourth-order valence-electron chi connectivity index (χ4n) is 2.11. The second kappa shape index (κ2) is 6.30. The van der Waals surface area contributed by atoms with Crippen molar-refractivity contribution in [1.29, 1.82) is 0 Å². The predicted molar refractivity (Wildman–Crippen MR) is 78.9 cm³/mol. The zero-order valence-corrected chi connectivity index (χ0v) is 12.5. The van der Waals surface area contributed by atoms with Gasteiger partial charge in [0.25, 0.3) is 5.91 Å². The largest absolute Gasteiger partial charge is 0.496 e. The molecule has 0 fully saturated rings. The van der Waals surface area contributed by atoms with E-state index in [4.69, 9.17) is 9.15 Å². The molecule has 22 heavy (non-hydrogen) atoms. The Morgan fingerprint density at radius 1 is 1.32 bits per heavy atom. The molecule has 1 amide bonds. The van der Waals surface area contributed by atoms with Crippen LogP contribution in [0.2, 0.25) is 0 Å². The Balaban J connectivity index is 2.23. The van der Waals surface area contributed by atoms with Gasteiger partial charge in [-0.25, -0.2) is 0 Å². The Hall–Kier alpha value is -2.83. The number of amides is 1. The summed E-state index contributed by atoms with van der Waals surface area (Å²) in [6, 6.07) is 9.53. The number of hydrogen-bond acceptors (Lipinski definition) is 5. The van der Waals surface area contributed by atoms with Gasteiger partial charge in [0.2, 0.25) is 0 Å². The van der Waals surface area contributed by atoms with Crippen LogP contribution in [0.15, 0.2) is 40.8 Å². The van der Waals surface area contributed by atoms with Crippen LogP contribution in [-0.2, 0) is 0 Å². The number of rotatable bonds is 5. The van der Waals surface area contributed by atoms with Gasteiger partial charge in [-0.2, -0.15) is 0 Å². The number of carbonyl (C=O) groups excluding carboxylic acids is 1. The third-order valence-corrected chi connectivity index (χ3v) is 3.47. The zero-order chi connectivity index (χ0) is 16.3. The smallest absolute Gasteiger partial charge is 0.433 e. The number of furan rings is 1. The predicted octanol–water partition coefficient (Wildman–Crippen LogP) is 3.03. The van der Waals surface area contributed by atoms with E-state index in [1.54, 1.807) is 14.2 Å². The van der Waals surface area contributed by atoms with Gasteiger partial charge in [0, 0.05) is 12.6 Å². The first-order valence-corrected chi connectivity index (χ1v) is 6.60. The van der Waals surface area contributed by atoms with Gasteiger partial charge in [0.15, 0.2) is 5.76 Å². The molecule has 1 aromatic carbocycles. The van der Waals surface area contributed by atoms with E-state index in [1.807, 2.05) is 31.2 Å². The minimum Gasteiger partial charge on any atom is -0.496 e. The van der Waals surface area contributed by atoms with Crippen molar-refractivity contribution in [2.24, 2.45) is 0 Å². The molecule has 0 aliphatic rings. The Morgan fingerprint density at radius 3 is 2.59 bits per heavy atom. The summed E-state index contributed by atoms with van der Waals surface area (Å²) in [5.41, 5.74) is 0.835. The quantitative estimate of drug-likeness (QED) is 0.626. The molecule has 0 saturated heterocycles. The van der Waals surface area contributed by atoms with Crippen LogP contribution in [0.1, 0.15) is 29.1 Å². The van der Waals surface area contributed by atoms with Crippen molar-refractivity contribution >= 4 is 11.8 Å². The van der Waals surface area contributed by atoms with Crippen LogP contribution in [-0.4, -0.2) is 29.9 Å². The van der Waals surface area contributed by atoms with E-state index in [-0.39, 0.29) is 11.8 Å². The van der Waals surface area contributed by atoms with E-state index in [0.29, 0.717) is 5.75 Å². The Morgan fingerprint density at radius 2 is 2.00 bits per heavy atom. The highest BCUT2D eigenvalue weighted by molar-refractivity contribution is 5.91. The van der Waals surface area contributed by atoms with Gasteiger partial charge in [-0.1, -0.05) is 18.2 Å². The summed E-state index contributed by atoms with van der Waals surface area (Å²) >= 11 is 0. The van der Waals surface area contributed by atoms with Gasteiger partial charge in [0.1, 0.15) is 10.7 Å². The van der Waals surface area contributed by atoms with Crippen LogP contribution in [0.25, 0.3) is 0 Å². The third kappa shape index (κ3) is 2.93. The molecule has 116 valence electrons. The van der Waals surface area contributed by atoms with Gasteiger partial charge >= 0.3 is 5.88 Å². The Labute approximate surface area is 127 Å².